The smallest absolute Gasteiger partial charge is 0.292 e. The number of carbonyl (C=O) groups excluding carboxylic acids is 1. The van der Waals surface area contributed by atoms with Gasteiger partial charge in [0.2, 0.25) is 5.89 Å². The zero-order valence-electron chi connectivity index (χ0n) is 12.1. The van der Waals surface area contributed by atoms with E-state index in [0.717, 1.165) is 25.2 Å². The van der Waals surface area contributed by atoms with Crippen LogP contribution >= 0.6 is 0 Å². The maximum absolute atomic E-state index is 11.4. The summed E-state index contributed by atoms with van der Waals surface area (Å²) in [5.74, 6) is 0.0545. The minimum absolute atomic E-state index is 0.0316. The molecule has 3 rings (SSSR count). The maximum Gasteiger partial charge on any atom is 0.292 e. The van der Waals surface area contributed by atoms with Gasteiger partial charge in [0.15, 0.2) is 5.69 Å². The highest BCUT2D eigenvalue weighted by Crippen LogP contribution is 2.15. The van der Waals surface area contributed by atoms with Crippen molar-refractivity contribution in [3.63, 3.8) is 0 Å². The molecule has 0 atom stereocenters. The molecule has 1 N–H and O–H groups in total. The number of nitrogens with zero attached hydrogens (tertiary/aromatic N) is 6. The van der Waals surface area contributed by atoms with E-state index >= 15 is 0 Å². The van der Waals surface area contributed by atoms with Crippen molar-refractivity contribution in [2.75, 3.05) is 13.6 Å². The summed E-state index contributed by atoms with van der Waals surface area (Å²) in [5.41, 5.74) is 1.41. The first-order chi connectivity index (χ1) is 10.7. The molecular formula is C13H15N7O2. The molecule has 0 radical (unpaired) electrons. The van der Waals surface area contributed by atoms with E-state index in [4.69, 9.17) is 9.78 Å². The Morgan fingerprint density at radius 2 is 2.41 bits per heavy atom. The van der Waals surface area contributed by atoms with E-state index in [1.165, 1.54) is 7.05 Å². The lowest BCUT2D eigenvalue weighted by atomic mass is 10.3. The van der Waals surface area contributed by atoms with Crippen molar-refractivity contribution in [3.05, 3.63) is 29.2 Å². The third kappa shape index (κ3) is 2.82. The van der Waals surface area contributed by atoms with E-state index in [1.807, 2.05) is 4.68 Å². The van der Waals surface area contributed by atoms with E-state index < -0.39 is 0 Å². The molecule has 1 aliphatic heterocycles. The molecule has 0 spiro atoms. The van der Waals surface area contributed by atoms with Gasteiger partial charge in [-0.3, -0.25) is 14.4 Å². The van der Waals surface area contributed by atoms with Crippen molar-refractivity contribution >= 4 is 5.91 Å². The Morgan fingerprint density at radius 3 is 3.18 bits per heavy atom. The lowest BCUT2D eigenvalue weighted by Crippen LogP contribution is -2.23. The van der Waals surface area contributed by atoms with E-state index in [1.54, 1.807) is 6.07 Å². The molecule has 114 valence electrons. The van der Waals surface area contributed by atoms with Crippen LogP contribution in [0.2, 0.25) is 0 Å². The first kappa shape index (κ1) is 14.2. The number of aryl methyl sites for hydroxylation is 1. The molecule has 22 heavy (non-hydrogen) atoms. The minimum Gasteiger partial charge on any atom is -0.352 e. The third-order valence-electron chi connectivity index (χ3n) is 3.46. The summed E-state index contributed by atoms with van der Waals surface area (Å²) in [6.45, 7) is 2.73. The highest BCUT2D eigenvalue weighted by atomic mass is 16.5. The summed E-state index contributed by atoms with van der Waals surface area (Å²) in [6, 6.07) is 3.85. The van der Waals surface area contributed by atoms with Crippen LogP contribution in [0.25, 0.3) is 0 Å². The average Bonchev–Trinajstić information content (AvgIpc) is 3.10. The van der Waals surface area contributed by atoms with Gasteiger partial charge in [0.25, 0.3) is 11.7 Å². The fourth-order valence-electron chi connectivity index (χ4n) is 2.43. The molecule has 9 nitrogen and oxygen atoms in total. The number of carbonyl (C=O) groups is 1. The van der Waals surface area contributed by atoms with Crippen molar-refractivity contribution in [3.8, 4) is 6.07 Å². The first-order valence-corrected chi connectivity index (χ1v) is 6.93. The van der Waals surface area contributed by atoms with Gasteiger partial charge in [0, 0.05) is 26.7 Å². The Balaban J connectivity index is 1.71. The molecule has 1 aliphatic rings. The fourth-order valence-corrected chi connectivity index (χ4v) is 2.43. The molecule has 0 fully saturated rings. The Kier molecular flexibility index (Phi) is 3.84. The number of fused-ring (bicyclic) bond motifs is 1. The fraction of sp³-hybridized carbons (Fsp3) is 0.462. The molecule has 1 amide bonds. The maximum atomic E-state index is 11.4. The zero-order valence-corrected chi connectivity index (χ0v) is 12.1. The van der Waals surface area contributed by atoms with Crippen LogP contribution in [0.1, 0.15) is 34.3 Å². The summed E-state index contributed by atoms with van der Waals surface area (Å²) in [7, 11) is 1.51. The van der Waals surface area contributed by atoms with Gasteiger partial charge in [0.1, 0.15) is 6.07 Å². The number of rotatable bonds is 3. The van der Waals surface area contributed by atoms with Crippen LogP contribution < -0.4 is 5.32 Å². The van der Waals surface area contributed by atoms with E-state index in [-0.39, 0.29) is 11.7 Å². The van der Waals surface area contributed by atoms with Crippen molar-refractivity contribution < 1.29 is 9.32 Å². The monoisotopic (exact) mass is 301 g/mol. The van der Waals surface area contributed by atoms with E-state index in [0.29, 0.717) is 24.7 Å². The Hall–Kier alpha value is -2.73. The molecule has 0 saturated heterocycles. The number of amides is 1. The Morgan fingerprint density at radius 1 is 1.55 bits per heavy atom. The van der Waals surface area contributed by atoms with Crippen LogP contribution in [0.4, 0.5) is 0 Å². The van der Waals surface area contributed by atoms with Crippen molar-refractivity contribution in [1.29, 1.82) is 5.26 Å². The first-order valence-electron chi connectivity index (χ1n) is 6.93. The second-order valence-electron chi connectivity index (χ2n) is 5.01. The van der Waals surface area contributed by atoms with Crippen LogP contribution in [0.15, 0.2) is 10.6 Å². The molecule has 0 bridgehead atoms. The highest BCUT2D eigenvalue weighted by Gasteiger charge is 2.20. The third-order valence-corrected chi connectivity index (χ3v) is 3.46. The van der Waals surface area contributed by atoms with Gasteiger partial charge < -0.3 is 9.84 Å². The van der Waals surface area contributed by atoms with Crippen LogP contribution in [0, 0.1) is 11.3 Å². The molecule has 2 aromatic rings. The Bertz CT molecular complexity index is 727. The summed E-state index contributed by atoms with van der Waals surface area (Å²) in [6.07, 6.45) is 0.913. The summed E-state index contributed by atoms with van der Waals surface area (Å²) < 4.78 is 6.97. The Labute approximate surface area is 126 Å². The number of nitriles is 1. The lowest BCUT2D eigenvalue weighted by molar-refractivity contribution is 0.0950. The minimum atomic E-state index is -0.373. The largest absolute Gasteiger partial charge is 0.352 e. The van der Waals surface area contributed by atoms with Crippen molar-refractivity contribution in [2.45, 2.75) is 26.1 Å². The topological polar surface area (TPSA) is 113 Å². The second kappa shape index (κ2) is 5.95. The summed E-state index contributed by atoms with van der Waals surface area (Å²) in [4.78, 5) is 17.6. The molecule has 9 heteroatoms. The molecule has 0 unspecified atom stereocenters. The van der Waals surface area contributed by atoms with Gasteiger partial charge in [-0.15, -0.1) is 0 Å². The number of aromatic nitrogens is 4. The van der Waals surface area contributed by atoms with Gasteiger partial charge in [-0.2, -0.15) is 15.3 Å². The van der Waals surface area contributed by atoms with E-state index in [2.05, 4.69) is 31.5 Å². The van der Waals surface area contributed by atoms with Crippen LogP contribution in [-0.2, 0) is 19.6 Å². The molecule has 3 heterocycles. The van der Waals surface area contributed by atoms with Crippen molar-refractivity contribution in [1.82, 2.24) is 30.1 Å². The quantitative estimate of drug-likeness (QED) is 0.842. The van der Waals surface area contributed by atoms with Crippen LogP contribution in [0.3, 0.4) is 0 Å². The summed E-state index contributed by atoms with van der Waals surface area (Å²) in [5, 5.41) is 19.3. The standard InChI is InChI=1S/C13H15N7O2/c1-15-13(21)12-16-11(22-18-12)8-19-3-2-4-20-10(7-19)5-9(6-14)17-20/h5H,2-4,7-8H2,1H3,(H,15,21). The summed E-state index contributed by atoms with van der Waals surface area (Å²) >= 11 is 0. The van der Waals surface area contributed by atoms with Crippen molar-refractivity contribution in [2.24, 2.45) is 0 Å². The van der Waals surface area contributed by atoms with Crippen LogP contribution in [-0.4, -0.2) is 44.3 Å². The predicted octanol–water partition coefficient (Wildman–Crippen LogP) is -0.0967. The van der Waals surface area contributed by atoms with Gasteiger partial charge in [-0.05, 0) is 12.5 Å². The predicted molar refractivity (Wildman–Crippen MR) is 73.4 cm³/mol. The number of hydrogen-bond donors (Lipinski definition) is 1. The van der Waals surface area contributed by atoms with Crippen LogP contribution in [0.5, 0.6) is 0 Å². The second-order valence-corrected chi connectivity index (χ2v) is 5.01. The van der Waals surface area contributed by atoms with E-state index in [9.17, 15) is 4.79 Å². The van der Waals surface area contributed by atoms with Gasteiger partial charge in [0.05, 0.1) is 12.2 Å². The molecular weight excluding hydrogens is 286 g/mol. The lowest BCUT2D eigenvalue weighted by Gasteiger charge is -2.16. The van der Waals surface area contributed by atoms with Gasteiger partial charge >= 0.3 is 0 Å². The molecule has 0 aliphatic carbocycles. The van der Waals surface area contributed by atoms with Gasteiger partial charge in [-0.1, -0.05) is 5.16 Å². The average molecular weight is 301 g/mol. The molecule has 0 aromatic carbocycles. The SMILES string of the molecule is CNC(=O)c1noc(CN2CCCn3nc(C#N)cc3C2)n1. The number of hydrogen-bond acceptors (Lipinski definition) is 7. The normalized spacial score (nSPS) is 14.9. The molecule has 0 saturated carbocycles. The van der Waals surface area contributed by atoms with Gasteiger partial charge in [-0.25, -0.2) is 0 Å². The zero-order chi connectivity index (χ0) is 15.5. The number of nitrogens with one attached hydrogen (secondary N) is 1. The highest BCUT2D eigenvalue weighted by molar-refractivity contribution is 5.89. The molecule has 2 aromatic heterocycles.